The van der Waals surface area contributed by atoms with Crippen molar-refractivity contribution in [3.63, 3.8) is 0 Å². The number of halogens is 1. The van der Waals surface area contributed by atoms with Gasteiger partial charge < -0.3 is 10.1 Å². The molecule has 0 spiro atoms. The zero-order valence-corrected chi connectivity index (χ0v) is 14.5. The Kier molecular flexibility index (Phi) is 5.37. The van der Waals surface area contributed by atoms with Gasteiger partial charge >= 0.3 is 6.09 Å². The maximum Gasteiger partial charge on any atom is 0.415 e. The standard InChI is InChI=1S/C17H17ClN2O3S/c18-13-6-3-12(4-7-13)5-8-15(21)19-10-14-11-20(17(22)23-14)16-2-1-9-24-16/h1-4,6-7,9,14H,5,8,10-11H2,(H,19,21). The summed E-state index contributed by atoms with van der Waals surface area (Å²) < 4.78 is 5.29. The van der Waals surface area contributed by atoms with Crippen molar-refractivity contribution in [1.82, 2.24) is 5.32 Å². The SMILES string of the molecule is O=C(CCc1ccc(Cl)cc1)NCC1CN(c2cccs2)C(=O)O1. The Morgan fingerprint density at radius 3 is 2.83 bits per heavy atom. The molecule has 0 saturated carbocycles. The van der Waals surface area contributed by atoms with Crippen molar-refractivity contribution < 1.29 is 14.3 Å². The summed E-state index contributed by atoms with van der Waals surface area (Å²) in [5.41, 5.74) is 1.06. The molecule has 2 aromatic rings. The van der Waals surface area contributed by atoms with Crippen LogP contribution in [0.15, 0.2) is 41.8 Å². The molecule has 2 heterocycles. The first kappa shape index (κ1) is 16.8. The van der Waals surface area contributed by atoms with E-state index in [9.17, 15) is 9.59 Å². The number of carbonyl (C=O) groups excluding carboxylic acids is 2. The van der Waals surface area contributed by atoms with Gasteiger partial charge in [-0.1, -0.05) is 23.7 Å². The van der Waals surface area contributed by atoms with E-state index in [4.69, 9.17) is 16.3 Å². The second-order valence-corrected chi connectivity index (χ2v) is 6.86. The number of rotatable bonds is 6. The highest BCUT2D eigenvalue weighted by molar-refractivity contribution is 7.14. The second-order valence-electron chi connectivity index (χ2n) is 5.50. The van der Waals surface area contributed by atoms with Crippen molar-refractivity contribution in [2.24, 2.45) is 0 Å². The zero-order valence-electron chi connectivity index (χ0n) is 12.9. The van der Waals surface area contributed by atoms with Crippen molar-refractivity contribution in [2.75, 3.05) is 18.0 Å². The number of benzene rings is 1. The molecular weight excluding hydrogens is 348 g/mol. The number of ether oxygens (including phenoxy) is 1. The molecule has 5 nitrogen and oxygen atoms in total. The monoisotopic (exact) mass is 364 g/mol. The Labute approximate surface area is 149 Å². The third-order valence-corrected chi connectivity index (χ3v) is 4.87. The van der Waals surface area contributed by atoms with Crippen molar-refractivity contribution >= 4 is 39.9 Å². The zero-order chi connectivity index (χ0) is 16.9. The Morgan fingerprint density at radius 1 is 1.33 bits per heavy atom. The molecule has 1 atom stereocenters. The van der Waals surface area contributed by atoms with Crippen molar-refractivity contribution in [1.29, 1.82) is 0 Å². The summed E-state index contributed by atoms with van der Waals surface area (Å²) in [4.78, 5) is 25.4. The number of cyclic esters (lactones) is 1. The van der Waals surface area contributed by atoms with Gasteiger partial charge in [0.15, 0.2) is 0 Å². The Morgan fingerprint density at radius 2 is 2.12 bits per heavy atom. The van der Waals surface area contributed by atoms with Gasteiger partial charge in [0.1, 0.15) is 11.1 Å². The van der Waals surface area contributed by atoms with Gasteiger partial charge in [-0.3, -0.25) is 9.69 Å². The average molecular weight is 365 g/mol. The molecule has 2 amide bonds. The molecule has 126 valence electrons. The average Bonchev–Trinajstić information content (AvgIpc) is 3.21. The number of hydrogen-bond donors (Lipinski definition) is 1. The summed E-state index contributed by atoms with van der Waals surface area (Å²) in [6.07, 6.45) is 0.350. The van der Waals surface area contributed by atoms with Gasteiger partial charge in [0, 0.05) is 11.4 Å². The number of carbonyl (C=O) groups is 2. The smallest absolute Gasteiger partial charge is 0.415 e. The fraction of sp³-hybridized carbons (Fsp3) is 0.294. The summed E-state index contributed by atoms with van der Waals surface area (Å²) in [6, 6.07) is 11.2. The predicted molar refractivity (Wildman–Crippen MR) is 94.7 cm³/mol. The molecule has 1 aromatic carbocycles. The van der Waals surface area contributed by atoms with Crippen LogP contribution < -0.4 is 10.2 Å². The van der Waals surface area contributed by atoms with Crippen molar-refractivity contribution in [2.45, 2.75) is 18.9 Å². The molecule has 1 aliphatic heterocycles. The Bertz CT molecular complexity index is 703. The minimum absolute atomic E-state index is 0.0597. The topological polar surface area (TPSA) is 58.6 Å². The predicted octanol–water partition coefficient (Wildman–Crippen LogP) is 3.48. The number of thiophene rings is 1. The number of nitrogens with zero attached hydrogens (tertiary/aromatic N) is 1. The molecule has 1 saturated heterocycles. The normalized spacial score (nSPS) is 17.0. The van der Waals surface area contributed by atoms with Crippen LogP contribution >= 0.6 is 22.9 Å². The van der Waals surface area contributed by atoms with Crippen LogP contribution in [0.25, 0.3) is 0 Å². The minimum atomic E-state index is -0.363. The molecule has 0 bridgehead atoms. The van der Waals surface area contributed by atoms with Gasteiger partial charge in [-0.25, -0.2) is 4.79 Å². The molecule has 0 aliphatic carbocycles. The van der Waals surface area contributed by atoms with Crippen LogP contribution in [0.4, 0.5) is 9.80 Å². The third-order valence-electron chi connectivity index (χ3n) is 3.73. The first-order chi connectivity index (χ1) is 11.6. The molecule has 1 unspecified atom stereocenters. The molecule has 1 aliphatic rings. The lowest BCUT2D eigenvalue weighted by Gasteiger charge is -2.11. The van der Waals surface area contributed by atoms with E-state index in [-0.39, 0.29) is 18.1 Å². The molecule has 24 heavy (non-hydrogen) atoms. The number of nitrogens with one attached hydrogen (secondary N) is 1. The lowest BCUT2D eigenvalue weighted by molar-refractivity contribution is -0.121. The maximum atomic E-state index is 11.9. The van der Waals surface area contributed by atoms with Crippen LogP contribution in [0.1, 0.15) is 12.0 Å². The van der Waals surface area contributed by atoms with Crippen LogP contribution in [-0.2, 0) is 16.0 Å². The first-order valence-corrected chi connectivity index (χ1v) is 8.90. The highest BCUT2D eigenvalue weighted by Gasteiger charge is 2.32. The van der Waals surface area contributed by atoms with Gasteiger partial charge in [-0.15, -0.1) is 11.3 Å². The Hall–Kier alpha value is -2.05. The van der Waals surface area contributed by atoms with Gasteiger partial charge in [0.25, 0.3) is 0 Å². The number of amides is 2. The van der Waals surface area contributed by atoms with Crippen LogP contribution in [0, 0.1) is 0 Å². The van der Waals surface area contributed by atoms with Gasteiger partial charge in [0.05, 0.1) is 13.1 Å². The van der Waals surface area contributed by atoms with Crippen LogP contribution in [0.5, 0.6) is 0 Å². The quantitative estimate of drug-likeness (QED) is 0.853. The lowest BCUT2D eigenvalue weighted by Crippen LogP contribution is -2.34. The van der Waals surface area contributed by atoms with Gasteiger partial charge in [-0.05, 0) is 41.6 Å². The largest absolute Gasteiger partial charge is 0.442 e. The number of anilines is 1. The summed E-state index contributed by atoms with van der Waals surface area (Å²) >= 11 is 7.32. The van der Waals surface area contributed by atoms with E-state index in [2.05, 4.69) is 5.32 Å². The van der Waals surface area contributed by atoms with E-state index in [1.165, 1.54) is 11.3 Å². The van der Waals surface area contributed by atoms with Crippen LogP contribution in [0.2, 0.25) is 5.02 Å². The van der Waals surface area contributed by atoms with Crippen LogP contribution in [0.3, 0.4) is 0 Å². The minimum Gasteiger partial charge on any atom is -0.442 e. The highest BCUT2D eigenvalue weighted by atomic mass is 35.5. The van der Waals surface area contributed by atoms with E-state index in [1.807, 2.05) is 41.8 Å². The number of aryl methyl sites for hydroxylation is 1. The molecule has 0 radical (unpaired) electrons. The molecular formula is C17H17ClN2O3S. The summed E-state index contributed by atoms with van der Waals surface area (Å²) in [5, 5.41) is 6.28. The molecule has 3 rings (SSSR count). The van der Waals surface area contributed by atoms with E-state index in [0.717, 1.165) is 10.6 Å². The first-order valence-electron chi connectivity index (χ1n) is 7.64. The second kappa shape index (κ2) is 7.68. The third kappa shape index (κ3) is 4.27. The lowest BCUT2D eigenvalue weighted by atomic mass is 10.1. The fourth-order valence-corrected chi connectivity index (χ4v) is 3.31. The van der Waals surface area contributed by atoms with Gasteiger partial charge in [0.2, 0.25) is 5.91 Å². The summed E-state index contributed by atoms with van der Waals surface area (Å²) in [7, 11) is 0. The molecule has 1 N–H and O–H groups in total. The number of hydrogen-bond acceptors (Lipinski definition) is 4. The van der Waals surface area contributed by atoms with Crippen LogP contribution in [-0.4, -0.2) is 31.2 Å². The molecule has 1 aromatic heterocycles. The Balaban J connectivity index is 1.42. The van der Waals surface area contributed by atoms with Gasteiger partial charge in [-0.2, -0.15) is 0 Å². The van der Waals surface area contributed by atoms with E-state index in [1.54, 1.807) is 4.90 Å². The fourth-order valence-electron chi connectivity index (χ4n) is 2.46. The molecule has 7 heteroatoms. The highest BCUT2D eigenvalue weighted by Crippen LogP contribution is 2.26. The molecule has 1 fully saturated rings. The summed E-state index contributed by atoms with van der Waals surface area (Å²) in [5.74, 6) is -0.0597. The van der Waals surface area contributed by atoms with Crippen molar-refractivity contribution in [3.05, 3.63) is 52.4 Å². The van der Waals surface area contributed by atoms with E-state index < -0.39 is 0 Å². The summed E-state index contributed by atoms with van der Waals surface area (Å²) in [6.45, 7) is 0.782. The van der Waals surface area contributed by atoms with Crippen molar-refractivity contribution in [3.8, 4) is 0 Å². The van der Waals surface area contributed by atoms with E-state index >= 15 is 0 Å². The van der Waals surface area contributed by atoms with E-state index in [0.29, 0.717) is 31.0 Å². The maximum absolute atomic E-state index is 11.9.